The molecule has 1 aliphatic heterocycles. The van der Waals surface area contributed by atoms with Gasteiger partial charge in [-0.15, -0.1) is 0 Å². The summed E-state index contributed by atoms with van der Waals surface area (Å²) in [6, 6.07) is 3.97. The van der Waals surface area contributed by atoms with Gasteiger partial charge < -0.3 is 4.90 Å². The highest BCUT2D eigenvalue weighted by molar-refractivity contribution is 6.05. The van der Waals surface area contributed by atoms with Crippen molar-refractivity contribution in [1.82, 2.24) is 10.2 Å². The lowest BCUT2D eigenvalue weighted by Crippen LogP contribution is -2.29. The molecule has 0 spiro atoms. The molecule has 1 unspecified atom stereocenters. The van der Waals surface area contributed by atoms with Crippen molar-refractivity contribution in [2.24, 2.45) is 0 Å². The zero-order valence-corrected chi connectivity index (χ0v) is 9.75. The van der Waals surface area contributed by atoms with Crippen molar-refractivity contribution >= 4 is 11.9 Å². The van der Waals surface area contributed by atoms with E-state index >= 15 is 0 Å². The van der Waals surface area contributed by atoms with Gasteiger partial charge in [-0.3, -0.25) is 10.7 Å². The summed E-state index contributed by atoms with van der Waals surface area (Å²) in [4.78, 5) is 13.1. The van der Waals surface area contributed by atoms with Crippen molar-refractivity contribution in [2.45, 2.75) is 19.9 Å². The lowest BCUT2D eigenvalue weighted by atomic mass is 10.0. The maximum Gasteiger partial charge on any atom is 0.323 e. The van der Waals surface area contributed by atoms with Crippen LogP contribution in [0.25, 0.3) is 0 Å². The van der Waals surface area contributed by atoms with Gasteiger partial charge in [0.1, 0.15) is 17.7 Å². The minimum atomic E-state index is -0.424. The quantitative estimate of drug-likeness (QED) is 0.811. The van der Waals surface area contributed by atoms with Crippen LogP contribution in [0.1, 0.15) is 24.1 Å². The molecule has 0 radical (unpaired) electrons. The molecule has 90 valence electrons. The highest BCUT2D eigenvalue weighted by atomic mass is 19.1. The van der Waals surface area contributed by atoms with Crippen LogP contribution in [0.3, 0.4) is 0 Å². The van der Waals surface area contributed by atoms with E-state index in [4.69, 9.17) is 5.41 Å². The summed E-state index contributed by atoms with van der Waals surface area (Å²) in [5, 5.41) is 10.2. The Balaban J connectivity index is 2.41. The summed E-state index contributed by atoms with van der Waals surface area (Å²) >= 11 is 0. The normalized spacial score (nSPS) is 19.7. The Kier molecular flexibility index (Phi) is 2.83. The van der Waals surface area contributed by atoms with E-state index in [0.29, 0.717) is 12.1 Å². The van der Waals surface area contributed by atoms with E-state index in [1.54, 1.807) is 24.0 Å². The summed E-state index contributed by atoms with van der Waals surface area (Å²) in [7, 11) is 0. The van der Waals surface area contributed by atoms with E-state index in [2.05, 4.69) is 5.32 Å². The third kappa shape index (κ3) is 1.88. The number of carbonyl (C=O) groups is 1. The minimum Gasteiger partial charge on any atom is -0.310 e. The number of hydrogen-bond acceptors (Lipinski definition) is 2. The van der Waals surface area contributed by atoms with Gasteiger partial charge in [0.15, 0.2) is 0 Å². The standard InChI is InChI=1S/C12H14FN3O/c1-3-16-10(11(14)15-12(16)17)8-4-5-9(13)7(2)6-8/h4-6,10H,3H2,1-2H3,(H2,14,15,17). The summed E-state index contributed by atoms with van der Waals surface area (Å²) in [5.41, 5.74) is 1.28. The molecule has 17 heavy (non-hydrogen) atoms. The lowest BCUT2D eigenvalue weighted by Gasteiger charge is -2.21. The minimum absolute atomic E-state index is 0.142. The molecule has 1 aliphatic rings. The third-order valence-electron chi connectivity index (χ3n) is 2.93. The third-order valence-corrected chi connectivity index (χ3v) is 2.93. The highest BCUT2D eigenvalue weighted by Crippen LogP contribution is 2.26. The van der Waals surface area contributed by atoms with Gasteiger partial charge in [-0.05, 0) is 31.0 Å². The fourth-order valence-electron chi connectivity index (χ4n) is 2.04. The van der Waals surface area contributed by atoms with Crippen molar-refractivity contribution in [3.05, 3.63) is 35.1 Å². The van der Waals surface area contributed by atoms with E-state index in [1.807, 2.05) is 6.92 Å². The van der Waals surface area contributed by atoms with Crippen LogP contribution >= 0.6 is 0 Å². The van der Waals surface area contributed by atoms with E-state index < -0.39 is 6.04 Å². The summed E-state index contributed by atoms with van der Waals surface area (Å²) in [6.07, 6.45) is 0. The molecular formula is C12H14FN3O. The molecule has 1 aromatic rings. The Morgan fingerprint density at radius 2 is 2.24 bits per heavy atom. The first kappa shape index (κ1) is 11.6. The molecule has 2 N–H and O–H groups in total. The fourth-order valence-corrected chi connectivity index (χ4v) is 2.04. The zero-order valence-electron chi connectivity index (χ0n) is 9.75. The number of nitrogens with zero attached hydrogens (tertiary/aromatic N) is 1. The first-order valence-corrected chi connectivity index (χ1v) is 5.46. The van der Waals surface area contributed by atoms with Crippen LogP contribution in [0, 0.1) is 18.2 Å². The second kappa shape index (κ2) is 4.16. The largest absolute Gasteiger partial charge is 0.323 e. The Morgan fingerprint density at radius 3 is 2.82 bits per heavy atom. The second-order valence-electron chi connectivity index (χ2n) is 4.04. The number of rotatable bonds is 2. The Bertz CT molecular complexity index is 487. The second-order valence-corrected chi connectivity index (χ2v) is 4.04. The molecule has 1 saturated heterocycles. The molecular weight excluding hydrogens is 221 g/mol. The van der Waals surface area contributed by atoms with Crippen LogP contribution in [0.5, 0.6) is 0 Å². The van der Waals surface area contributed by atoms with Gasteiger partial charge in [0.25, 0.3) is 0 Å². The van der Waals surface area contributed by atoms with Gasteiger partial charge in [0.05, 0.1) is 0 Å². The number of carbonyl (C=O) groups excluding carboxylic acids is 1. The van der Waals surface area contributed by atoms with Crippen LogP contribution in [-0.4, -0.2) is 23.3 Å². The van der Waals surface area contributed by atoms with E-state index in [-0.39, 0.29) is 17.7 Å². The summed E-state index contributed by atoms with van der Waals surface area (Å²) < 4.78 is 13.2. The molecule has 0 bridgehead atoms. The van der Waals surface area contributed by atoms with Crippen molar-refractivity contribution in [2.75, 3.05) is 6.54 Å². The van der Waals surface area contributed by atoms with Gasteiger partial charge >= 0.3 is 6.03 Å². The molecule has 0 aromatic heterocycles. The zero-order chi connectivity index (χ0) is 12.6. The van der Waals surface area contributed by atoms with Gasteiger partial charge in [-0.1, -0.05) is 12.1 Å². The predicted molar refractivity (Wildman–Crippen MR) is 62.5 cm³/mol. The van der Waals surface area contributed by atoms with Gasteiger partial charge in [-0.25, -0.2) is 9.18 Å². The lowest BCUT2D eigenvalue weighted by molar-refractivity contribution is 0.209. The fraction of sp³-hybridized carbons (Fsp3) is 0.333. The van der Waals surface area contributed by atoms with E-state index in [0.717, 1.165) is 5.56 Å². The highest BCUT2D eigenvalue weighted by Gasteiger charge is 2.35. The number of amides is 2. The predicted octanol–water partition coefficient (Wildman–Crippen LogP) is 2.20. The molecule has 1 aromatic carbocycles. The topological polar surface area (TPSA) is 56.2 Å². The van der Waals surface area contributed by atoms with E-state index in [9.17, 15) is 9.18 Å². The van der Waals surface area contributed by atoms with Crippen LogP contribution in [0.4, 0.5) is 9.18 Å². The summed E-state index contributed by atoms with van der Waals surface area (Å²) in [6.45, 7) is 4.03. The SMILES string of the molecule is CCN1C(=O)NC(=N)C1c1ccc(F)c(C)c1. The smallest absolute Gasteiger partial charge is 0.310 e. The first-order valence-electron chi connectivity index (χ1n) is 5.46. The van der Waals surface area contributed by atoms with Gasteiger partial charge in [0, 0.05) is 6.54 Å². The number of aryl methyl sites for hydroxylation is 1. The van der Waals surface area contributed by atoms with E-state index in [1.165, 1.54) is 6.07 Å². The first-order chi connectivity index (χ1) is 8.04. The van der Waals surface area contributed by atoms with Gasteiger partial charge in [0.2, 0.25) is 0 Å². The monoisotopic (exact) mass is 235 g/mol. The summed E-state index contributed by atoms with van der Waals surface area (Å²) in [5.74, 6) is -0.136. The van der Waals surface area contributed by atoms with Crippen molar-refractivity contribution in [3.63, 3.8) is 0 Å². The molecule has 1 atom stereocenters. The molecule has 2 rings (SSSR count). The molecule has 0 aliphatic carbocycles. The van der Waals surface area contributed by atoms with Crippen LogP contribution < -0.4 is 5.32 Å². The Morgan fingerprint density at radius 1 is 1.53 bits per heavy atom. The molecule has 2 amide bonds. The molecule has 5 heteroatoms. The molecule has 1 heterocycles. The van der Waals surface area contributed by atoms with Crippen LogP contribution in [-0.2, 0) is 0 Å². The van der Waals surface area contributed by atoms with Crippen LogP contribution in [0.2, 0.25) is 0 Å². The average Bonchev–Trinajstić information content (AvgIpc) is 2.57. The van der Waals surface area contributed by atoms with Crippen molar-refractivity contribution < 1.29 is 9.18 Å². The number of hydrogen-bond donors (Lipinski definition) is 2. The van der Waals surface area contributed by atoms with Crippen LogP contribution in [0.15, 0.2) is 18.2 Å². The number of likely N-dealkylation sites (N-methyl/N-ethyl adjacent to an activating group) is 1. The maximum absolute atomic E-state index is 13.2. The molecule has 0 saturated carbocycles. The Hall–Kier alpha value is -1.91. The number of amidine groups is 1. The number of benzene rings is 1. The Labute approximate surface area is 98.9 Å². The van der Waals surface area contributed by atoms with Crippen molar-refractivity contribution in [1.29, 1.82) is 5.41 Å². The molecule has 1 fully saturated rings. The number of halogens is 1. The maximum atomic E-state index is 13.2. The average molecular weight is 235 g/mol. The molecule has 4 nitrogen and oxygen atoms in total. The number of urea groups is 1. The van der Waals surface area contributed by atoms with Gasteiger partial charge in [-0.2, -0.15) is 0 Å². The number of nitrogens with one attached hydrogen (secondary N) is 2. The van der Waals surface area contributed by atoms with Crippen molar-refractivity contribution in [3.8, 4) is 0 Å².